The largest absolute Gasteiger partial charge is 0.489 e. The predicted molar refractivity (Wildman–Crippen MR) is 69.1 cm³/mol. The molecule has 1 N–H and O–H groups in total. The highest BCUT2D eigenvalue weighted by Crippen LogP contribution is 2.20. The number of likely N-dealkylation sites (N-methyl/N-ethyl adjacent to an activating group) is 1. The molecule has 0 spiro atoms. The van der Waals surface area contributed by atoms with Gasteiger partial charge in [-0.2, -0.15) is 0 Å². The molecule has 0 amide bonds. The van der Waals surface area contributed by atoms with Crippen LogP contribution in [0.2, 0.25) is 0 Å². The van der Waals surface area contributed by atoms with Crippen molar-refractivity contribution < 1.29 is 4.74 Å². The van der Waals surface area contributed by atoms with Gasteiger partial charge in [0, 0.05) is 6.54 Å². The molecule has 0 aromatic heterocycles. The van der Waals surface area contributed by atoms with Crippen molar-refractivity contribution in [1.82, 2.24) is 5.32 Å². The molecule has 0 aliphatic heterocycles. The van der Waals surface area contributed by atoms with Crippen LogP contribution in [0, 0.1) is 13.8 Å². The van der Waals surface area contributed by atoms with E-state index in [1.165, 1.54) is 11.1 Å². The SMILES string of the molecule is CCNCC=CCOc1cccc(C)c1C. The maximum Gasteiger partial charge on any atom is 0.122 e. The zero-order chi connectivity index (χ0) is 11.8. The number of rotatable bonds is 6. The molecule has 0 saturated carbocycles. The average molecular weight is 219 g/mol. The van der Waals surface area contributed by atoms with Crippen molar-refractivity contribution in [3.8, 4) is 5.75 Å². The smallest absolute Gasteiger partial charge is 0.122 e. The summed E-state index contributed by atoms with van der Waals surface area (Å²) in [5, 5.41) is 3.23. The van der Waals surface area contributed by atoms with E-state index in [9.17, 15) is 0 Å². The molecule has 0 fully saturated rings. The van der Waals surface area contributed by atoms with E-state index in [1.54, 1.807) is 0 Å². The number of benzene rings is 1. The fourth-order valence-corrected chi connectivity index (χ4v) is 1.40. The van der Waals surface area contributed by atoms with Gasteiger partial charge in [-0.15, -0.1) is 0 Å². The minimum absolute atomic E-state index is 0.635. The standard InChI is InChI=1S/C14H21NO/c1-4-15-10-5-6-11-16-14-9-7-8-12(2)13(14)3/h5-9,15H,4,10-11H2,1-3H3. The quantitative estimate of drug-likeness (QED) is 0.587. The maximum atomic E-state index is 5.68. The first-order chi connectivity index (χ1) is 7.75. The molecule has 0 heterocycles. The summed E-state index contributed by atoms with van der Waals surface area (Å²) in [4.78, 5) is 0. The van der Waals surface area contributed by atoms with E-state index in [4.69, 9.17) is 4.74 Å². The summed E-state index contributed by atoms with van der Waals surface area (Å²) in [6, 6.07) is 6.14. The summed E-state index contributed by atoms with van der Waals surface area (Å²) in [5.41, 5.74) is 2.50. The summed E-state index contributed by atoms with van der Waals surface area (Å²) in [6.07, 6.45) is 4.14. The van der Waals surface area contributed by atoms with Crippen molar-refractivity contribution in [2.75, 3.05) is 19.7 Å². The Hall–Kier alpha value is -1.28. The van der Waals surface area contributed by atoms with Gasteiger partial charge in [-0.05, 0) is 37.6 Å². The monoisotopic (exact) mass is 219 g/mol. The van der Waals surface area contributed by atoms with Gasteiger partial charge in [0.1, 0.15) is 12.4 Å². The van der Waals surface area contributed by atoms with Crippen molar-refractivity contribution in [2.45, 2.75) is 20.8 Å². The van der Waals surface area contributed by atoms with Crippen LogP contribution in [-0.4, -0.2) is 19.7 Å². The fourth-order valence-electron chi connectivity index (χ4n) is 1.40. The van der Waals surface area contributed by atoms with Crippen molar-refractivity contribution in [3.63, 3.8) is 0 Å². The van der Waals surface area contributed by atoms with Crippen LogP contribution in [0.4, 0.5) is 0 Å². The van der Waals surface area contributed by atoms with Gasteiger partial charge in [0.05, 0.1) is 0 Å². The molecule has 0 unspecified atom stereocenters. The highest BCUT2D eigenvalue weighted by atomic mass is 16.5. The van der Waals surface area contributed by atoms with Crippen molar-refractivity contribution in [3.05, 3.63) is 41.5 Å². The number of hydrogen-bond donors (Lipinski definition) is 1. The van der Waals surface area contributed by atoms with Gasteiger partial charge >= 0.3 is 0 Å². The summed E-state index contributed by atoms with van der Waals surface area (Å²) in [6.45, 7) is 8.83. The lowest BCUT2D eigenvalue weighted by Gasteiger charge is -2.08. The molecule has 88 valence electrons. The number of hydrogen-bond acceptors (Lipinski definition) is 2. The topological polar surface area (TPSA) is 21.3 Å². The maximum absolute atomic E-state index is 5.68. The van der Waals surface area contributed by atoms with E-state index in [-0.39, 0.29) is 0 Å². The zero-order valence-electron chi connectivity index (χ0n) is 10.4. The highest BCUT2D eigenvalue weighted by Gasteiger charge is 1.99. The zero-order valence-corrected chi connectivity index (χ0v) is 10.4. The Kier molecular flexibility index (Phi) is 5.65. The second-order valence-corrected chi connectivity index (χ2v) is 3.79. The molecule has 16 heavy (non-hydrogen) atoms. The van der Waals surface area contributed by atoms with Gasteiger partial charge < -0.3 is 10.1 Å². The van der Waals surface area contributed by atoms with Crippen LogP contribution >= 0.6 is 0 Å². The molecule has 0 bridgehead atoms. The lowest BCUT2D eigenvalue weighted by atomic mass is 10.1. The van der Waals surface area contributed by atoms with Crippen LogP contribution in [0.25, 0.3) is 0 Å². The fraction of sp³-hybridized carbons (Fsp3) is 0.429. The Morgan fingerprint density at radius 2 is 2.06 bits per heavy atom. The first kappa shape index (κ1) is 12.8. The van der Waals surface area contributed by atoms with Crippen LogP contribution in [0.15, 0.2) is 30.4 Å². The Bertz CT molecular complexity index is 345. The Balaban J connectivity index is 2.37. The predicted octanol–water partition coefficient (Wildman–Crippen LogP) is 2.85. The summed E-state index contributed by atoms with van der Waals surface area (Å²) < 4.78 is 5.68. The van der Waals surface area contributed by atoms with Gasteiger partial charge in [0.25, 0.3) is 0 Å². The third-order valence-corrected chi connectivity index (χ3v) is 2.57. The van der Waals surface area contributed by atoms with Crippen LogP contribution in [0.1, 0.15) is 18.1 Å². The van der Waals surface area contributed by atoms with Crippen LogP contribution in [0.5, 0.6) is 5.75 Å². The second-order valence-electron chi connectivity index (χ2n) is 3.79. The molecular weight excluding hydrogens is 198 g/mol. The van der Waals surface area contributed by atoms with Crippen molar-refractivity contribution in [1.29, 1.82) is 0 Å². The lowest BCUT2D eigenvalue weighted by Crippen LogP contribution is -2.11. The molecule has 0 aliphatic rings. The molecule has 0 radical (unpaired) electrons. The Morgan fingerprint density at radius 3 is 2.81 bits per heavy atom. The molecule has 1 rings (SSSR count). The second kappa shape index (κ2) is 7.07. The van der Waals surface area contributed by atoms with Gasteiger partial charge in [0.2, 0.25) is 0 Å². The Morgan fingerprint density at radius 1 is 1.25 bits per heavy atom. The molecule has 1 aromatic rings. The van der Waals surface area contributed by atoms with E-state index in [2.05, 4.69) is 38.2 Å². The van der Waals surface area contributed by atoms with Gasteiger partial charge in [0.15, 0.2) is 0 Å². The normalized spacial score (nSPS) is 10.9. The van der Waals surface area contributed by atoms with Crippen molar-refractivity contribution in [2.24, 2.45) is 0 Å². The van der Waals surface area contributed by atoms with Gasteiger partial charge in [-0.1, -0.05) is 31.2 Å². The summed E-state index contributed by atoms with van der Waals surface area (Å²) in [7, 11) is 0. The van der Waals surface area contributed by atoms with Crippen LogP contribution in [0.3, 0.4) is 0 Å². The van der Waals surface area contributed by atoms with E-state index < -0.39 is 0 Å². The minimum Gasteiger partial charge on any atom is -0.489 e. The minimum atomic E-state index is 0.635. The first-order valence-electron chi connectivity index (χ1n) is 5.80. The van der Waals surface area contributed by atoms with Crippen LogP contribution in [-0.2, 0) is 0 Å². The molecule has 2 nitrogen and oxygen atoms in total. The van der Waals surface area contributed by atoms with Gasteiger partial charge in [-0.25, -0.2) is 0 Å². The summed E-state index contributed by atoms with van der Waals surface area (Å²) >= 11 is 0. The molecular formula is C14H21NO. The average Bonchev–Trinajstić information content (AvgIpc) is 2.29. The Labute approximate surface area is 98.3 Å². The number of ether oxygens (including phenoxy) is 1. The van der Waals surface area contributed by atoms with E-state index in [1.807, 2.05) is 18.2 Å². The molecule has 0 saturated heterocycles. The molecule has 0 aliphatic carbocycles. The highest BCUT2D eigenvalue weighted by molar-refractivity contribution is 5.38. The van der Waals surface area contributed by atoms with E-state index >= 15 is 0 Å². The van der Waals surface area contributed by atoms with Crippen molar-refractivity contribution >= 4 is 0 Å². The van der Waals surface area contributed by atoms with Crippen LogP contribution < -0.4 is 10.1 Å². The molecule has 2 heteroatoms. The molecule has 1 aromatic carbocycles. The first-order valence-corrected chi connectivity index (χ1v) is 5.80. The third-order valence-electron chi connectivity index (χ3n) is 2.57. The van der Waals surface area contributed by atoms with Gasteiger partial charge in [-0.3, -0.25) is 0 Å². The van der Waals surface area contributed by atoms with E-state index in [0.717, 1.165) is 18.8 Å². The third kappa shape index (κ3) is 4.07. The van der Waals surface area contributed by atoms with E-state index in [0.29, 0.717) is 6.61 Å². The number of nitrogens with one attached hydrogen (secondary N) is 1. The summed E-state index contributed by atoms with van der Waals surface area (Å²) in [5.74, 6) is 0.980. The lowest BCUT2D eigenvalue weighted by molar-refractivity contribution is 0.359. The molecule has 0 atom stereocenters. The number of aryl methyl sites for hydroxylation is 1.